The Balaban J connectivity index is 0.998. The molecule has 2 aromatic heterocycles. The molecule has 0 amide bonds. The van der Waals surface area contributed by atoms with Crippen molar-refractivity contribution in [3.63, 3.8) is 0 Å². The summed E-state index contributed by atoms with van der Waals surface area (Å²) in [5.41, 5.74) is 19.0. The predicted octanol–water partition coefficient (Wildman–Crippen LogP) is 11.9. The Morgan fingerprint density at radius 1 is 0.412 bits per heavy atom. The quantitative estimate of drug-likeness (QED) is 0.165. The van der Waals surface area contributed by atoms with Gasteiger partial charge in [-0.2, -0.15) is 0 Å². The van der Waals surface area contributed by atoms with Crippen LogP contribution in [0.4, 0.5) is 34.1 Å². The van der Waals surface area contributed by atoms with Crippen LogP contribution in [0.2, 0.25) is 0 Å². The van der Waals surface area contributed by atoms with E-state index < -0.39 is 0 Å². The lowest BCUT2D eigenvalue weighted by Gasteiger charge is -2.39. The lowest BCUT2D eigenvalue weighted by molar-refractivity contribution is 0.474. The van der Waals surface area contributed by atoms with Crippen LogP contribution in [-0.4, -0.2) is 18.0 Å². The van der Waals surface area contributed by atoms with Crippen LogP contribution in [0, 0.1) is 0 Å². The van der Waals surface area contributed by atoms with Gasteiger partial charge in [-0.05, 0) is 128 Å². The van der Waals surface area contributed by atoms with Crippen molar-refractivity contribution < 1.29 is 13.9 Å². The first-order chi connectivity index (χ1) is 32.6. The molecule has 6 nitrogen and oxygen atoms in total. The number of fused-ring (bicyclic) bond motifs is 11. The molecule has 9 aromatic rings. The second kappa shape index (κ2) is 14.1. The van der Waals surface area contributed by atoms with Crippen molar-refractivity contribution in [1.29, 1.82) is 0 Å². The average Bonchev–Trinajstić information content (AvgIpc) is 3.93. The molecule has 13 rings (SSSR count). The maximum absolute atomic E-state index is 7.29. The second-order valence-corrected chi connectivity index (χ2v) is 22.2. The molecule has 0 unspecified atom stereocenters. The molecular formula is C60H53B2N3O3. The third-order valence-corrected chi connectivity index (χ3v) is 14.9. The fourth-order valence-electron chi connectivity index (χ4n) is 11.3. The highest BCUT2D eigenvalue weighted by molar-refractivity contribution is 7.00. The summed E-state index contributed by atoms with van der Waals surface area (Å²) in [7, 11) is 0. The lowest BCUT2D eigenvalue weighted by atomic mass is 9.35. The van der Waals surface area contributed by atoms with Crippen molar-refractivity contribution in [1.82, 2.24) is 4.57 Å². The molecule has 8 heteroatoms. The number of ether oxygens (including phenoxy) is 2. The van der Waals surface area contributed by atoms with Gasteiger partial charge in [0.2, 0.25) is 0 Å². The molecule has 332 valence electrons. The van der Waals surface area contributed by atoms with E-state index in [1.807, 2.05) is 0 Å². The number of aromatic nitrogens is 1. The van der Waals surface area contributed by atoms with Gasteiger partial charge < -0.3 is 28.3 Å². The molecule has 0 saturated carbocycles. The number of rotatable bonds is 3. The summed E-state index contributed by atoms with van der Waals surface area (Å²) in [4.78, 5) is 4.80. The fourth-order valence-corrected chi connectivity index (χ4v) is 11.3. The van der Waals surface area contributed by atoms with Crippen molar-refractivity contribution in [3.8, 4) is 28.7 Å². The SMILES string of the molecule is CC(C)(C)c1ccc(N2c3ccccc3B3c4oc5ccc6c(c5c4Oc4cccc2c43)Oc2cccc3c2B6c2c(ccn2-c2ccc(C(C)(C)C)cc2)N3c2ccc(C(C)(C)C)cc2)cc1. The van der Waals surface area contributed by atoms with E-state index in [0.717, 1.165) is 90.1 Å². The van der Waals surface area contributed by atoms with Gasteiger partial charge in [0, 0.05) is 51.4 Å². The Hall–Kier alpha value is -7.31. The molecule has 0 bridgehead atoms. The largest absolute Gasteiger partial charge is 0.466 e. The minimum absolute atomic E-state index is 0.0357. The molecule has 7 aromatic carbocycles. The zero-order valence-electron chi connectivity index (χ0n) is 40.2. The molecule has 4 aliphatic rings. The molecule has 6 heterocycles. The Bertz CT molecular complexity index is 3530. The van der Waals surface area contributed by atoms with E-state index in [-0.39, 0.29) is 29.7 Å². The topological polar surface area (TPSA) is 43.0 Å². The van der Waals surface area contributed by atoms with Gasteiger partial charge in [-0.25, -0.2) is 0 Å². The molecule has 0 aliphatic carbocycles. The van der Waals surface area contributed by atoms with Crippen LogP contribution < -0.4 is 52.4 Å². The van der Waals surface area contributed by atoms with E-state index in [2.05, 4.69) is 235 Å². The monoisotopic (exact) mass is 885 g/mol. The minimum atomic E-state index is -0.190. The van der Waals surface area contributed by atoms with Crippen molar-refractivity contribution in [2.45, 2.75) is 78.6 Å². The predicted molar refractivity (Wildman–Crippen MR) is 283 cm³/mol. The summed E-state index contributed by atoms with van der Waals surface area (Å²) < 4.78 is 24.0. The summed E-state index contributed by atoms with van der Waals surface area (Å²) in [6, 6.07) is 55.5. The average molecular weight is 886 g/mol. The van der Waals surface area contributed by atoms with E-state index in [1.54, 1.807) is 0 Å². The zero-order valence-corrected chi connectivity index (χ0v) is 40.2. The van der Waals surface area contributed by atoms with E-state index >= 15 is 0 Å². The first-order valence-electron chi connectivity index (χ1n) is 24.1. The van der Waals surface area contributed by atoms with Crippen LogP contribution >= 0.6 is 0 Å². The molecule has 0 saturated heterocycles. The number of anilines is 6. The van der Waals surface area contributed by atoms with Crippen LogP contribution in [0.15, 0.2) is 162 Å². The molecule has 0 radical (unpaired) electrons. The van der Waals surface area contributed by atoms with Gasteiger partial charge >= 0.3 is 6.71 Å². The lowest BCUT2D eigenvalue weighted by Crippen LogP contribution is -2.61. The molecule has 0 spiro atoms. The Morgan fingerprint density at radius 2 is 0.912 bits per heavy atom. The minimum Gasteiger partial charge on any atom is -0.466 e. The van der Waals surface area contributed by atoms with Gasteiger partial charge in [-0.1, -0.05) is 135 Å². The van der Waals surface area contributed by atoms with Crippen LogP contribution in [0.25, 0.3) is 16.7 Å². The van der Waals surface area contributed by atoms with E-state index in [9.17, 15) is 0 Å². The fraction of sp³-hybridized carbons (Fsp3) is 0.200. The Morgan fingerprint density at radius 3 is 1.49 bits per heavy atom. The van der Waals surface area contributed by atoms with Gasteiger partial charge in [0.1, 0.15) is 33.9 Å². The summed E-state index contributed by atoms with van der Waals surface area (Å²) in [6.07, 6.45) is 2.24. The Kier molecular flexibility index (Phi) is 8.49. The number of nitrogens with zero attached hydrogens (tertiary/aromatic N) is 3. The highest BCUT2D eigenvalue weighted by Gasteiger charge is 2.49. The standard InChI is InChI=1S/C60H53B2N3O3/c1-58(2,3)36-20-26-39(27-21-36)63-35-34-47-56(63)61-43-32-33-48-51(54(43)66-49-18-12-16-45(52(49)61)65(47)41-30-24-38(25-31-41)60(7,8)9)55-57(68-48)62-42-14-10-11-15-44(42)64(46-17-13-19-50(67-55)53(46)62)40-28-22-37(23-29-40)59(4,5)6/h10-35H,1-9H3. The molecular weight excluding hydrogens is 832 g/mol. The third kappa shape index (κ3) is 5.92. The van der Waals surface area contributed by atoms with E-state index in [0.29, 0.717) is 5.75 Å². The van der Waals surface area contributed by atoms with Gasteiger partial charge in [-0.15, -0.1) is 0 Å². The molecule has 0 atom stereocenters. The van der Waals surface area contributed by atoms with Crippen molar-refractivity contribution >= 4 is 91.6 Å². The number of hydrogen-bond acceptors (Lipinski definition) is 5. The maximum atomic E-state index is 7.29. The molecule has 68 heavy (non-hydrogen) atoms. The molecule has 4 aliphatic heterocycles. The third-order valence-electron chi connectivity index (χ3n) is 14.9. The van der Waals surface area contributed by atoms with E-state index in [4.69, 9.17) is 13.9 Å². The van der Waals surface area contributed by atoms with E-state index in [1.165, 1.54) is 27.7 Å². The first-order valence-corrected chi connectivity index (χ1v) is 24.1. The second-order valence-electron chi connectivity index (χ2n) is 22.2. The summed E-state index contributed by atoms with van der Waals surface area (Å²) in [5, 5.41) is 0.858. The number of para-hydroxylation sites is 1. The number of benzene rings is 7. The highest BCUT2D eigenvalue weighted by Crippen LogP contribution is 2.48. The van der Waals surface area contributed by atoms with Crippen LogP contribution in [0.1, 0.15) is 79.0 Å². The zero-order chi connectivity index (χ0) is 46.6. The summed E-state index contributed by atoms with van der Waals surface area (Å²) >= 11 is 0. The number of hydrogen-bond donors (Lipinski definition) is 0. The molecule has 0 fully saturated rings. The van der Waals surface area contributed by atoms with Gasteiger partial charge in [0.25, 0.3) is 6.71 Å². The normalized spacial score (nSPS) is 14.4. The van der Waals surface area contributed by atoms with Crippen molar-refractivity contribution in [3.05, 3.63) is 175 Å². The van der Waals surface area contributed by atoms with Crippen molar-refractivity contribution in [2.75, 3.05) is 9.80 Å². The molecule has 0 N–H and O–H groups in total. The first kappa shape index (κ1) is 40.9. The van der Waals surface area contributed by atoms with Crippen LogP contribution in [-0.2, 0) is 16.2 Å². The van der Waals surface area contributed by atoms with Crippen LogP contribution in [0.5, 0.6) is 23.0 Å². The van der Waals surface area contributed by atoms with Crippen LogP contribution in [0.3, 0.4) is 0 Å². The van der Waals surface area contributed by atoms with Crippen molar-refractivity contribution in [2.24, 2.45) is 0 Å². The highest BCUT2D eigenvalue weighted by atomic mass is 16.5. The maximum Gasteiger partial charge on any atom is 0.301 e. The Labute approximate surface area is 399 Å². The van der Waals surface area contributed by atoms with Gasteiger partial charge in [0.05, 0.1) is 5.69 Å². The van der Waals surface area contributed by atoms with Gasteiger partial charge in [0.15, 0.2) is 5.75 Å². The summed E-state index contributed by atoms with van der Waals surface area (Å²) in [6.45, 7) is 20.0. The van der Waals surface area contributed by atoms with Gasteiger partial charge in [-0.3, -0.25) is 0 Å². The number of furan rings is 1. The summed E-state index contributed by atoms with van der Waals surface area (Å²) in [5.74, 6) is 3.14. The smallest absolute Gasteiger partial charge is 0.301 e.